The van der Waals surface area contributed by atoms with Gasteiger partial charge in [0, 0.05) is 18.2 Å². The standard InChI is InChI=1S/C10H16N2O/c1-2-13-10-6-4-3-5-8(10)9(12)7-11/h3-6,9H,2,7,11-12H2,1H3. The second kappa shape index (κ2) is 4.84. The quantitative estimate of drug-likeness (QED) is 0.728. The van der Waals surface area contributed by atoms with Gasteiger partial charge < -0.3 is 16.2 Å². The average molecular weight is 180 g/mol. The van der Waals surface area contributed by atoms with Crippen LogP contribution in [0.4, 0.5) is 0 Å². The van der Waals surface area contributed by atoms with Crippen LogP contribution in [0.25, 0.3) is 0 Å². The van der Waals surface area contributed by atoms with Crippen LogP contribution < -0.4 is 16.2 Å². The Hall–Kier alpha value is -1.06. The van der Waals surface area contributed by atoms with Gasteiger partial charge in [-0.05, 0) is 13.0 Å². The highest BCUT2D eigenvalue weighted by molar-refractivity contribution is 5.35. The van der Waals surface area contributed by atoms with Crippen molar-refractivity contribution in [1.82, 2.24) is 0 Å². The Kier molecular flexibility index (Phi) is 3.73. The summed E-state index contributed by atoms with van der Waals surface area (Å²) in [5, 5.41) is 0. The number of nitrogens with two attached hydrogens (primary N) is 2. The van der Waals surface area contributed by atoms with E-state index in [4.69, 9.17) is 16.2 Å². The van der Waals surface area contributed by atoms with E-state index in [0.29, 0.717) is 13.2 Å². The normalized spacial score (nSPS) is 12.5. The van der Waals surface area contributed by atoms with Gasteiger partial charge in [0.25, 0.3) is 0 Å². The second-order valence-electron chi connectivity index (χ2n) is 2.81. The van der Waals surface area contributed by atoms with Crippen LogP contribution in [0.5, 0.6) is 5.75 Å². The van der Waals surface area contributed by atoms with Crippen LogP contribution in [0.15, 0.2) is 24.3 Å². The molecule has 0 heterocycles. The van der Waals surface area contributed by atoms with Crippen molar-refractivity contribution in [1.29, 1.82) is 0 Å². The monoisotopic (exact) mass is 180 g/mol. The Bertz CT molecular complexity index is 263. The predicted octanol–water partition coefficient (Wildman–Crippen LogP) is 1.04. The van der Waals surface area contributed by atoms with Gasteiger partial charge in [-0.15, -0.1) is 0 Å². The van der Waals surface area contributed by atoms with Crippen molar-refractivity contribution in [3.05, 3.63) is 29.8 Å². The van der Waals surface area contributed by atoms with Gasteiger partial charge in [-0.2, -0.15) is 0 Å². The number of rotatable bonds is 4. The minimum atomic E-state index is -0.136. The molecule has 0 saturated carbocycles. The maximum Gasteiger partial charge on any atom is 0.124 e. The van der Waals surface area contributed by atoms with Crippen molar-refractivity contribution in [2.24, 2.45) is 11.5 Å². The zero-order valence-corrected chi connectivity index (χ0v) is 7.86. The minimum absolute atomic E-state index is 0.136. The van der Waals surface area contributed by atoms with Crippen molar-refractivity contribution in [2.45, 2.75) is 13.0 Å². The highest BCUT2D eigenvalue weighted by Gasteiger charge is 2.08. The fourth-order valence-corrected chi connectivity index (χ4v) is 1.20. The van der Waals surface area contributed by atoms with Gasteiger partial charge in [0.15, 0.2) is 0 Å². The molecule has 0 aliphatic rings. The number of ether oxygens (including phenoxy) is 1. The molecule has 1 rings (SSSR count). The molecule has 0 saturated heterocycles. The summed E-state index contributed by atoms with van der Waals surface area (Å²) in [6.07, 6.45) is 0. The molecule has 0 aromatic heterocycles. The van der Waals surface area contributed by atoms with Gasteiger partial charge in [0.05, 0.1) is 6.61 Å². The molecule has 0 fully saturated rings. The Labute approximate surface area is 78.7 Å². The van der Waals surface area contributed by atoms with Crippen molar-refractivity contribution in [2.75, 3.05) is 13.2 Å². The van der Waals surface area contributed by atoms with Gasteiger partial charge in [0.1, 0.15) is 5.75 Å². The molecule has 3 heteroatoms. The predicted molar refractivity (Wildman–Crippen MR) is 53.6 cm³/mol. The lowest BCUT2D eigenvalue weighted by atomic mass is 10.1. The van der Waals surface area contributed by atoms with E-state index in [1.54, 1.807) is 0 Å². The van der Waals surface area contributed by atoms with Crippen LogP contribution in [-0.4, -0.2) is 13.2 Å². The third-order valence-electron chi connectivity index (χ3n) is 1.87. The first-order valence-electron chi connectivity index (χ1n) is 4.47. The first-order chi connectivity index (χ1) is 6.29. The molecular formula is C10H16N2O. The lowest BCUT2D eigenvalue weighted by Gasteiger charge is -2.14. The van der Waals surface area contributed by atoms with E-state index < -0.39 is 0 Å². The van der Waals surface area contributed by atoms with Crippen molar-refractivity contribution < 1.29 is 4.74 Å². The molecular weight excluding hydrogens is 164 g/mol. The van der Waals surface area contributed by atoms with Gasteiger partial charge >= 0.3 is 0 Å². The number of hydrogen-bond acceptors (Lipinski definition) is 3. The molecule has 1 aromatic rings. The van der Waals surface area contributed by atoms with E-state index in [2.05, 4.69) is 0 Å². The van der Waals surface area contributed by atoms with Crippen LogP contribution >= 0.6 is 0 Å². The molecule has 0 spiro atoms. The highest BCUT2D eigenvalue weighted by atomic mass is 16.5. The molecule has 4 N–H and O–H groups in total. The van der Waals surface area contributed by atoms with Crippen molar-refractivity contribution in [3.63, 3.8) is 0 Å². The minimum Gasteiger partial charge on any atom is -0.494 e. The lowest BCUT2D eigenvalue weighted by molar-refractivity contribution is 0.334. The summed E-state index contributed by atoms with van der Waals surface area (Å²) in [6, 6.07) is 7.59. The Morgan fingerprint density at radius 3 is 2.69 bits per heavy atom. The molecule has 1 aromatic carbocycles. The van der Waals surface area contributed by atoms with Crippen molar-refractivity contribution in [3.8, 4) is 5.75 Å². The Balaban J connectivity index is 2.90. The van der Waals surface area contributed by atoms with E-state index >= 15 is 0 Å². The summed E-state index contributed by atoms with van der Waals surface area (Å²) < 4.78 is 5.42. The zero-order valence-electron chi connectivity index (χ0n) is 7.86. The summed E-state index contributed by atoms with van der Waals surface area (Å²) >= 11 is 0. The number of para-hydroxylation sites is 1. The van der Waals surface area contributed by atoms with Gasteiger partial charge in [-0.1, -0.05) is 18.2 Å². The summed E-state index contributed by atoms with van der Waals surface area (Å²) in [6.45, 7) is 3.03. The van der Waals surface area contributed by atoms with Crippen LogP contribution in [0.3, 0.4) is 0 Å². The summed E-state index contributed by atoms with van der Waals surface area (Å²) in [4.78, 5) is 0. The van der Waals surface area contributed by atoms with E-state index in [1.807, 2.05) is 31.2 Å². The molecule has 0 amide bonds. The van der Waals surface area contributed by atoms with E-state index in [-0.39, 0.29) is 6.04 Å². The average Bonchev–Trinajstić information content (AvgIpc) is 2.18. The smallest absolute Gasteiger partial charge is 0.124 e. The van der Waals surface area contributed by atoms with Crippen LogP contribution in [-0.2, 0) is 0 Å². The molecule has 0 radical (unpaired) electrons. The van der Waals surface area contributed by atoms with Gasteiger partial charge in [0.2, 0.25) is 0 Å². The first kappa shape index (κ1) is 10.0. The number of hydrogen-bond donors (Lipinski definition) is 2. The molecule has 0 bridgehead atoms. The largest absolute Gasteiger partial charge is 0.494 e. The molecule has 0 aliphatic heterocycles. The van der Waals surface area contributed by atoms with Crippen LogP contribution in [0, 0.1) is 0 Å². The third-order valence-corrected chi connectivity index (χ3v) is 1.87. The SMILES string of the molecule is CCOc1ccccc1C(N)CN. The molecule has 0 aliphatic carbocycles. The van der Waals surface area contributed by atoms with Gasteiger partial charge in [-0.25, -0.2) is 0 Å². The van der Waals surface area contributed by atoms with E-state index in [9.17, 15) is 0 Å². The molecule has 13 heavy (non-hydrogen) atoms. The summed E-state index contributed by atoms with van der Waals surface area (Å²) in [5.41, 5.74) is 12.3. The number of benzene rings is 1. The Morgan fingerprint density at radius 2 is 2.08 bits per heavy atom. The Morgan fingerprint density at radius 1 is 1.38 bits per heavy atom. The highest BCUT2D eigenvalue weighted by Crippen LogP contribution is 2.22. The molecule has 72 valence electrons. The maximum absolute atomic E-state index is 5.82. The maximum atomic E-state index is 5.82. The first-order valence-corrected chi connectivity index (χ1v) is 4.47. The van der Waals surface area contributed by atoms with E-state index in [0.717, 1.165) is 11.3 Å². The third kappa shape index (κ3) is 2.44. The van der Waals surface area contributed by atoms with Crippen LogP contribution in [0.2, 0.25) is 0 Å². The molecule has 1 unspecified atom stereocenters. The van der Waals surface area contributed by atoms with Crippen molar-refractivity contribution >= 4 is 0 Å². The van der Waals surface area contributed by atoms with E-state index in [1.165, 1.54) is 0 Å². The summed E-state index contributed by atoms with van der Waals surface area (Å²) in [7, 11) is 0. The van der Waals surface area contributed by atoms with Crippen LogP contribution in [0.1, 0.15) is 18.5 Å². The fourth-order valence-electron chi connectivity index (χ4n) is 1.20. The lowest BCUT2D eigenvalue weighted by Crippen LogP contribution is -2.21. The summed E-state index contributed by atoms with van der Waals surface area (Å²) in [5.74, 6) is 0.836. The molecule has 3 nitrogen and oxygen atoms in total. The van der Waals surface area contributed by atoms with Gasteiger partial charge in [-0.3, -0.25) is 0 Å². The zero-order chi connectivity index (χ0) is 9.68. The fraction of sp³-hybridized carbons (Fsp3) is 0.400. The second-order valence-corrected chi connectivity index (χ2v) is 2.81. The molecule has 1 atom stereocenters. The topological polar surface area (TPSA) is 61.3 Å².